The van der Waals surface area contributed by atoms with Crippen LogP contribution in [0.2, 0.25) is 0 Å². The van der Waals surface area contributed by atoms with E-state index < -0.39 is 0 Å². The second-order valence-corrected chi connectivity index (χ2v) is 7.41. The van der Waals surface area contributed by atoms with Crippen molar-refractivity contribution in [3.63, 3.8) is 0 Å². The molecule has 1 N–H and O–H groups in total. The lowest BCUT2D eigenvalue weighted by molar-refractivity contribution is 0.0902. The minimum absolute atomic E-state index is 0.533. The molecule has 0 amide bonds. The fourth-order valence-electron chi connectivity index (χ4n) is 3.53. The van der Waals surface area contributed by atoms with Crippen molar-refractivity contribution >= 4 is 0 Å². The lowest BCUT2D eigenvalue weighted by Gasteiger charge is -2.43. The van der Waals surface area contributed by atoms with Gasteiger partial charge in [-0.15, -0.1) is 0 Å². The standard InChI is InChI=1S/C17H36N2/c1-7-11-18-16-9-10-17(5,6)12-15(16)13-19(8-2)14(3)4/h14-16,18H,7-13H2,1-6H3. The quantitative estimate of drug-likeness (QED) is 0.753. The molecule has 2 nitrogen and oxygen atoms in total. The van der Waals surface area contributed by atoms with Gasteiger partial charge < -0.3 is 10.2 Å². The number of nitrogens with one attached hydrogen (secondary N) is 1. The van der Waals surface area contributed by atoms with E-state index in [9.17, 15) is 0 Å². The molecule has 0 saturated heterocycles. The molecule has 2 atom stereocenters. The molecule has 1 saturated carbocycles. The van der Waals surface area contributed by atoms with Gasteiger partial charge in [-0.2, -0.15) is 0 Å². The summed E-state index contributed by atoms with van der Waals surface area (Å²) in [5.41, 5.74) is 0.533. The molecule has 2 unspecified atom stereocenters. The molecule has 0 aromatic heterocycles. The largest absolute Gasteiger partial charge is 0.314 e. The van der Waals surface area contributed by atoms with Gasteiger partial charge in [0, 0.05) is 18.6 Å². The van der Waals surface area contributed by atoms with Crippen molar-refractivity contribution < 1.29 is 0 Å². The summed E-state index contributed by atoms with van der Waals surface area (Å²) in [6.07, 6.45) is 5.35. The minimum Gasteiger partial charge on any atom is -0.314 e. The van der Waals surface area contributed by atoms with Crippen LogP contribution >= 0.6 is 0 Å². The molecule has 0 heterocycles. The highest BCUT2D eigenvalue weighted by Crippen LogP contribution is 2.39. The molecule has 2 heteroatoms. The molecule has 0 aromatic carbocycles. The van der Waals surface area contributed by atoms with Crippen LogP contribution in [0, 0.1) is 11.3 Å². The molecule has 1 rings (SSSR count). The molecule has 1 fully saturated rings. The van der Waals surface area contributed by atoms with Crippen LogP contribution in [0.1, 0.15) is 67.2 Å². The van der Waals surface area contributed by atoms with Gasteiger partial charge in [-0.05, 0) is 64.0 Å². The van der Waals surface area contributed by atoms with E-state index in [1.807, 2.05) is 0 Å². The van der Waals surface area contributed by atoms with E-state index in [4.69, 9.17) is 0 Å². The Bertz CT molecular complexity index is 248. The topological polar surface area (TPSA) is 15.3 Å². The minimum atomic E-state index is 0.533. The van der Waals surface area contributed by atoms with Gasteiger partial charge in [-0.25, -0.2) is 0 Å². The molecule has 19 heavy (non-hydrogen) atoms. The smallest absolute Gasteiger partial charge is 0.0108 e. The highest BCUT2D eigenvalue weighted by molar-refractivity contribution is 4.90. The Balaban J connectivity index is 2.64. The maximum absolute atomic E-state index is 3.80. The van der Waals surface area contributed by atoms with E-state index in [0.29, 0.717) is 11.5 Å². The lowest BCUT2D eigenvalue weighted by Crippen LogP contribution is -2.48. The molecular formula is C17H36N2. The Labute approximate surface area is 121 Å². The summed E-state index contributed by atoms with van der Waals surface area (Å²) < 4.78 is 0. The van der Waals surface area contributed by atoms with Gasteiger partial charge in [0.25, 0.3) is 0 Å². The van der Waals surface area contributed by atoms with Crippen molar-refractivity contribution in [1.29, 1.82) is 0 Å². The second kappa shape index (κ2) is 7.64. The van der Waals surface area contributed by atoms with E-state index in [0.717, 1.165) is 12.0 Å². The third-order valence-electron chi connectivity index (χ3n) is 4.78. The first kappa shape index (κ1) is 17.0. The van der Waals surface area contributed by atoms with Gasteiger partial charge in [-0.3, -0.25) is 0 Å². The van der Waals surface area contributed by atoms with Crippen LogP contribution in [0.4, 0.5) is 0 Å². The zero-order valence-electron chi connectivity index (χ0n) is 14.1. The van der Waals surface area contributed by atoms with Crippen molar-refractivity contribution in [2.24, 2.45) is 11.3 Å². The van der Waals surface area contributed by atoms with Crippen LogP contribution in [0.3, 0.4) is 0 Å². The Morgan fingerprint density at radius 2 is 1.95 bits per heavy atom. The number of nitrogens with zero attached hydrogens (tertiary/aromatic N) is 1. The first-order valence-electron chi connectivity index (χ1n) is 8.37. The van der Waals surface area contributed by atoms with Crippen LogP contribution in [0.15, 0.2) is 0 Å². The van der Waals surface area contributed by atoms with Gasteiger partial charge in [0.2, 0.25) is 0 Å². The Morgan fingerprint density at radius 3 is 2.47 bits per heavy atom. The predicted octanol–water partition coefficient (Wildman–Crippen LogP) is 3.91. The van der Waals surface area contributed by atoms with Crippen LogP contribution in [0.5, 0.6) is 0 Å². The normalized spacial score (nSPS) is 27.2. The van der Waals surface area contributed by atoms with E-state index in [2.05, 4.69) is 51.8 Å². The molecule has 0 aliphatic heterocycles. The molecular weight excluding hydrogens is 232 g/mol. The first-order chi connectivity index (χ1) is 8.89. The average Bonchev–Trinajstić information content (AvgIpc) is 2.33. The van der Waals surface area contributed by atoms with Gasteiger partial charge in [0.15, 0.2) is 0 Å². The van der Waals surface area contributed by atoms with Crippen LogP contribution in [0.25, 0.3) is 0 Å². The maximum atomic E-state index is 3.80. The number of hydrogen-bond donors (Lipinski definition) is 1. The summed E-state index contributed by atoms with van der Waals surface area (Å²) in [7, 11) is 0. The molecule has 0 radical (unpaired) electrons. The van der Waals surface area contributed by atoms with Crippen molar-refractivity contribution in [3.05, 3.63) is 0 Å². The van der Waals surface area contributed by atoms with E-state index >= 15 is 0 Å². The fourth-order valence-corrected chi connectivity index (χ4v) is 3.53. The summed E-state index contributed by atoms with van der Waals surface area (Å²) in [4.78, 5) is 2.63. The van der Waals surface area contributed by atoms with Crippen LogP contribution in [-0.4, -0.2) is 36.6 Å². The summed E-state index contributed by atoms with van der Waals surface area (Å²) in [5, 5.41) is 3.80. The monoisotopic (exact) mass is 268 g/mol. The Hall–Kier alpha value is -0.0800. The van der Waals surface area contributed by atoms with Crippen molar-refractivity contribution in [1.82, 2.24) is 10.2 Å². The van der Waals surface area contributed by atoms with Crippen molar-refractivity contribution in [3.8, 4) is 0 Å². The summed E-state index contributed by atoms with van der Waals surface area (Å²) in [6, 6.07) is 1.41. The van der Waals surface area contributed by atoms with E-state index in [-0.39, 0.29) is 0 Å². The first-order valence-corrected chi connectivity index (χ1v) is 8.37. The Morgan fingerprint density at radius 1 is 1.26 bits per heavy atom. The highest BCUT2D eigenvalue weighted by atomic mass is 15.1. The second-order valence-electron chi connectivity index (χ2n) is 7.41. The summed E-state index contributed by atoms with van der Waals surface area (Å²) in [5.74, 6) is 0.817. The Kier molecular flexibility index (Phi) is 6.82. The average molecular weight is 268 g/mol. The SMILES string of the molecule is CCCNC1CCC(C)(C)CC1CN(CC)C(C)C. The van der Waals surface area contributed by atoms with Gasteiger partial charge >= 0.3 is 0 Å². The third-order valence-corrected chi connectivity index (χ3v) is 4.78. The predicted molar refractivity (Wildman–Crippen MR) is 85.6 cm³/mol. The van der Waals surface area contributed by atoms with Crippen molar-refractivity contribution in [2.45, 2.75) is 79.3 Å². The summed E-state index contributed by atoms with van der Waals surface area (Å²) >= 11 is 0. The van der Waals surface area contributed by atoms with Crippen molar-refractivity contribution in [2.75, 3.05) is 19.6 Å². The molecule has 1 aliphatic carbocycles. The number of hydrogen-bond acceptors (Lipinski definition) is 2. The van der Waals surface area contributed by atoms with Crippen LogP contribution < -0.4 is 5.32 Å². The van der Waals surface area contributed by atoms with Gasteiger partial charge in [0.1, 0.15) is 0 Å². The lowest BCUT2D eigenvalue weighted by atomic mass is 9.69. The molecule has 0 aromatic rings. The molecule has 0 bridgehead atoms. The zero-order chi connectivity index (χ0) is 14.5. The number of rotatable bonds is 7. The molecule has 1 aliphatic rings. The molecule has 0 spiro atoms. The maximum Gasteiger partial charge on any atom is 0.0108 e. The van der Waals surface area contributed by atoms with E-state index in [1.165, 1.54) is 45.3 Å². The highest BCUT2D eigenvalue weighted by Gasteiger charge is 2.35. The third kappa shape index (κ3) is 5.43. The van der Waals surface area contributed by atoms with Gasteiger partial charge in [0.05, 0.1) is 0 Å². The van der Waals surface area contributed by atoms with Crippen LogP contribution in [-0.2, 0) is 0 Å². The van der Waals surface area contributed by atoms with E-state index in [1.54, 1.807) is 0 Å². The fraction of sp³-hybridized carbons (Fsp3) is 1.00. The molecule has 114 valence electrons. The van der Waals surface area contributed by atoms with Gasteiger partial charge in [-0.1, -0.05) is 27.7 Å². The zero-order valence-corrected chi connectivity index (χ0v) is 14.1. The summed E-state index contributed by atoms with van der Waals surface area (Å²) in [6.45, 7) is 17.7.